The van der Waals surface area contributed by atoms with Gasteiger partial charge in [0.15, 0.2) is 5.78 Å². The number of carbonyl (C=O) groups is 1. The van der Waals surface area contributed by atoms with Gasteiger partial charge in [0.2, 0.25) is 0 Å². The van der Waals surface area contributed by atoms with E-state index in [0.717, 1.165) is 32.4 Å². The van der Waals surface area contributed by atoms with Crippen molar-refractivity contribution in [1.29, 1.82) is 0 Å². The van der Waals surface area contributed by atoms with Crippen LogP contribution in [0.4, 0.5) is 0 Å². The number of Topliss-reactive ketones (excluding diaryl/α,β-unsaturated/α-hetero) is 1. The molecule has 0 radical (unpaired) electrons. The molecule has 4 atom stereocenters. The van der Waals surface area contributed by atoms with Crippen LogP contribution in [-0.4, -0.2) is 42.0 Å². The van der Waals surface area contributed by atoms with Crippen molar-refractivity contribution in [2.45, 2.75) is 65.1 Å². The van der Waals surface area contributed by atoms with Gasteiger partial charge in [-0.05, 0) is 32.1 Å². The zero-order valence-electron chi connectivity index (χ0n) is 12.2. The van der Waals surface area contributed by atoms with Gasteiger partial charge in [-0.3, -0.25) is 9.69 Å². The Morgan fingerprint density at radius 1 is 1.33 bits per heavy atom. The molecule has 104 valence electrons. The van der Waals surface area contributed by atoms with Crippen LogP contribution in [0.2, 0.25) is 0 Å². The standard InChI is InChI=1S/C15H27NO2/c1-10(2)5-6-18-13-8-14-15(17)11(3)7-12(4)16(14)9-13/h10-14H,5-9H2,1-4H3/t11?,12?,13-,14+/m1/s1. The van der Waals surface area contributed by atoms with Gasteiger partial charge in [-0.2, -0.15) is 0 Å². The summed E-state index contributed by atoms with van der Waals surface area (Å²) in [6.45, 7) is 10.5. The van der Waals surface area contributed by atoms with Gasteiger partial charge in [0, 0.05) is 25.1 Å². The average molecular weight is 253 g/mol. The van der Waals surface area contributed by atoms with Crippen molar-refractivity contribution < 1.29 is 9.53 Å². The van der Waals surface area contributed by atoms with Crippen LogP contribution in [0.5, 0.6) is 0 Å². The normalized spacial score (nSPS) is 37.3. The molecule has 18 heavy (non-hydrogen) atoms. The number of ether oxygens (including phenoxy) is 1. The van der Waals surface area contributed by atoms with Crippen LogP contribution in [-0.2, 0) is 9.53 Å². The fourth-order valence-electron chi connectivity index (χ4n) is 3.27. The minimum Gasteiger partial charge on any atom is -0.377 e. The Morgan fingerprint density at radius 2 is 2.06 bits per heavy atom. The smallest absolute Gasteiger partial charge is 0.152 e. The molecule has 0 saturated carbocycles. The molecule has 3 nitrogen and oxygen atoms in total. The summed E-state index contributed by atoms with van der Waals surface area (Å²) in [4.78, 5) is 14.5. The Balaban J connectivity index is 1.87. The Hall–Kier alpha value is -0.410. The Morgan fingerprint density at radius 3 is 2.72 bits per heavy atom. The second kappa shape index (κ2) is 5.70. The Bertz CT molecular complexity index is 303. The predicted molar refractivity (Wildman–Crippen MR) is 72.6 cm³/mol. The predicted octanol–water partition coefficient (Wildman–Crippen LogP) is 2.49. The number of hydrogen-bond acceptors (Lipinski definition) is 3. The van der Waals surface area contributed by atoms with E-state index in [2.05, 4.69) is 32.6 Å². The summed E-state index contributed by atoms with van der Waals surface area (Å²) in [5.74, 6) is 1.35. The van der Waals surface area contributed by atoms with Gasteiger partial charge < -0.3 is 4.74 Å². The summed E-state index contributed by atoms with van der Waals surface area (Å²) < 4.78 is 5.94. The van der Waals surface area contributed by atoms with Crippen LogP contribution >= 0.6 is 0 Å². The van der Waals surface area contributed by atoms with E-state index in [9.17, 15) is 4.79 Å². The van der Waals surface area contributed by atoms with E-state index in [1.165, 1.54) is 0 Å². The lowest BCUT2D eigenvalue weighted by molar-refractivity contribution is -0.131. The zero-order chi connectivity index (χ0) is 13.3. The van der Waals surface area contributed by atoms with Gasteiger partial charge in [0.1, 0.15) is 0 Å². The minimum absolute atomic E-state index is 0.132. The van der Waals surface area contributed by atoms with Crippen LogP contribution in [0.3, 0.4) is 0 Å². The van der Waals surface area contributed by atoms with Crippen molar-refractivity contribution in [2.24, 2.45) is 11.8 Å². The largest absolute Gasteiger partial charge is 0.377 e. The summed E-state index contributed by atoms with van der Waals surface area (Å²) in [6, 6.07) is 0.661. The van der Waals surface area contributed by atoms with Crippen molar-refractivity contribution in [3.05, 3.63) is 0 Å². The highest BCUT2D eigenvalue weighted by atomic mass is 16.5. The van der Waals surface area contributed by atoms with E-state index < -0.39 is 0 Å². The lowest BCUT2D eigenvalue weighted by Crippen LogP contribution is -2.49. The van der Waals surface area contributed by atoms with E-state index in [0.29, 0.717) is 17.7 Å². The molecular formula is C15H27NO2. The second-order valence-corrected chi connectivity index (χ2v) is 6.51. The van der Waals surface area contributed by atoms with Gasteiger partial charge in [-0.15, -0.1) is 0 Å². The molecular weight excluding hydrogens is 226 g/mol. The molecule has 0 bridgehead atoms. The van der Waals surface area contributed by atoms with Crippen LogP contribution in [0.25, 0.3) is 0 Å². The molecule has 2 aliphatic heterocycles. The topological polar surface area (TPSA) is 29.5 Å². The molecule has 0 amide bonds. The molecule has 2 fully saturated rings. The molecule has 0 aromatic heterocycles. The van der Waals surface area contributed by atoms with E-state index in [1.807, 2.05) is 0 Å². The first kappa shape index (κ1) is 14.0. The van der Waals surface area contributed by atoms with E-state index in [-0.39, 0.29) is 18.1 Å². The number of ketones is 1. The van der Waals surface area contributed by atoms with Gasteiger partial charge in [-0.1, -0.05) is 20.8 Å². The maximum absolute atomic E-state index is 12.2. The van der Waals surface area contributed by atoms with Gasteiger partial charge >= 0.3 is 0 Å². The Labute approximate surface area is 111 Å². The fraction of sp³-hybridized carbons (Fsp3) is 0.933. The third-order valence-corrected chi connectivity index (χ3v) is 4.42. The first-order valence-electron chi connectivity index (χ1n) is 7.40. The maximum Gasteiger partial charge on any atom is 0.152 e. The average Bonchev–Trinajstić information content (AvgIpc) is 2.70. The molecule has 0 aromatic rings. The summed E-state index contributed by atoms with van der Waals surface area (Å²) in [5.41, 5.74) is 0. The maximum atomic E-state index is 12.2. The highest BCUT2D eigenvalue weighted by Crippen LogP contribution is 2.32. The third-order valence-electron chi connectivity index (χ3n) is 4.42. The van der Waals surface area contributed by atoms with Gasteiger partial charge in [0.05, 0.1) is 12.1 Å². The highest BCUT2D eigenvalue weighted by Gasteiger charge is 2.44. The van der Waals surface area contributed by atoms with Crippen LogP contribution in [0.1, 0.15) is 47.0 Å². The Kier molecular flexibility index (Phi) is 4.44. The third kappa shape index (κ3) is 2.94. The van der Waals surface area contributed by atoms with E-state index in [1.54, 1.807) is 0 Å². The van der Waals surface area contributed by atoms with E-state index in [4.69, 9.17) is 4.74 Å². The van der Waals surface area contributed by atoms with Crippen molar-refractivity contribution in [3.63, 3.8) is 0 Å². The molecule has 2 unspecified atom stereocenters. The second-order valence-electron chi connectivity index (χ2n) is 6.51. The first-order chi connectivity index (χ1) is 8.49. The summed E-state index contributed by atoms with van der Waals surface area (Å²) >= 11 is 0. The molecule has 2 saturated heterocycles. The summed E-state index contributed by atoms with van der Waals surface area (Å²) in [5, 5.41) is 0. The van der Waals surface area contributed by atoms with Gasteiger partial charge in [-0.25, -0.2) is 0 Å². The zero-order valence-corrected chi connectivity index (χ0v) is 12.2. The molecule has 0 spiro atoms. The number of piperidine rings is 1. The van der Waals surface area contributed by atoms with Crippen molar-refractivity contribution in [3.8, 4) is 0 Å². The van der Waals surface area contributed by atoms with Crippen molar-refractivity contribution >= 4 is 5.78 Å². The number of fused-ring (bicyclic) bond motifs is 1. The van der Waals surface area contributed by atoms with Gasteiger partial charge in [0.25, 0.3) is 0 Å². The van der Waals surface area contributed by atoms with E-state index >= 15 is 0 Å². The molecule has 0 aliphatic carbocycles. The molecule has 2 rings (SSSR count). The monoisotopic (exact) mass is 253 g/mol. The lowest BCUT2D eigenvalue weighted by Gasteiger charge is -2.37. The minimum atomic E-state index is 0.132. The summed E-state index contributed by atoms with van der Waals surface area (Å²) in [7, 11) is 0. The summed E-state index contributed by atoms with van der Waals surface area (Å²) in [6.07, 6.45) is 3.30. The molecule has 2 aliphatic rings. The first-order valence-corrected chi connectivity index (χ1v) is 7.40. The fourth-order valence-corrected chi connectivity index (χ4v) is 3.27. The SMILES string of the molecule is CC(C)CCO[C@@H]1C[C@H]2C(=O)C(C)CC(C)N2C1. The number of carbonyl (C=O) groups excluding carboxylic acids is 1. The molecule has 2 heterocycles. The quantitative estimate of drug-likeness (QED) is 0.771. The van der Waals surface area contributed by atoms with Crippen molar-refractivity contribution in [2.75, 3.05) is 13.2 Å². The molecule has 3 heteroatoms. The van der Waals surface area contributed by atoms with Crippen LogP contribution in [0.15, 0.2) is 0 Å². The van der Waals surface area contributed by atoms with Crippen molar-refractivity contribution in [1.82, 2.24) is 4.90 Å². The highest BCUT2D eigenvalue weighted by molar-refractivity contribution is 5.87. The molecule has 0 N–H and O–H groups in total. The lowest BCUT2D eigenvalue weighted by atomic mass is 9.87. The molecule has 0 aromatic carbocycles. The number of rotatable bonds is 4. The van der Waals surface area contributed by atoms with Crippen LogP contribution in [0, 0.1) is 11.8 Å². The number of nitrogens with zero attached hydrogens (tertiary/aromatic N) is 1. The number of hydrogen-bond donors (Lipinski definition) is 0. The van der Waals surface area contributed by atoms with Crippen LogP contribution < -0.4 is 0 Å².